The van der Waals surface area contributed by atoms with Crippen LogP contribution >= 0.6 is 0 Å². The van der Waals surface area contributed by atoms with Crippen LogP contribution in [-0.2, 0) is 14.3 Å². The SMILES string of the molecule is COC(=O)c1cc(F)c(O[C@H](C)C(=O)OC)c([N+](=O)[O-])c1. The number of methoxy groups -OCH3 is 2. The Morgan fingerprint density at radius 3 is 2.38 bits per heavy atom. The van der Waals surface area contributed by atoms with Crippen LogP contribution in [0.3, 0.4) is 0 Å². The second kappa shape index (κ2) is 6.64. The van der Waals surface area contributed by atoms with E-state index in [2.05, 4.69) is 9.47 Å². The number of nitro groups is 1. The maximum atomic E-state index is 13.9. The van der Waals surface area contributed by atoms with Gasteiger partial charge in [-0.3, -0.25) is 10.1 Å². The van der Waals surface area contributed by atoms with E-state index in [0.29, 0.717) is 0 Å². The van der Waals surface area contributed by atoms with E-state index in [4.69, 9.17) is 4.74 Å². The van der Waals surface area contributed by atoms with Gasteiger partial charge in [0.2, 0.25) is 5.75 Å². The summed E-state index contributed by atoms with van der Waals surface area (Å²) in [4.78, 5) is 32.5. The van der Waals surface area contributed by atoms with Crippen LogP contribution in [-0.4, -0.2) is 37.2 Å². The molecular formula is C12H12FNO7. The number of esters is 2. The van der Waals surface area contributed by atoms with Gasteiger partial charge in [0, 0.05) is 6.07 Å². The van der Waals surface area contributed by atoms with Gasteiger partial charge in [0.05, 0.1) is 24.7 Å². The Balaban J connectivity index is 3.28. The van der Waals surface area contributed by atoms with E-state index in [1.807, 2.05) is 0 Å². The average molecular weight is 301 g/mol. The minimum Gasteiger partial charge on any atom is -0.470 e. The van der Waals surface area contributed by atoms with Crippen molar-refractivity contribution in [1.82, 2.24) is 0 Å². The summed E-state index contributed by atoms with van der Waals surface area (Å²) in [6.45, 7) is 1.24. The molecule has 0 saturated heterocycles. The van der Waals surface area contributed by atoms with Gasteiger partial charge in [-0.2, -0.15) is 0 Å². The molecule has 1 aromatic carbocycles. The Bertz CT molecular complexity index is 587. The predicted octanol–water partition coefficient (Wildman–Crippen LogP) is 1.46. The van der Waals surface area contributed by atoms with Gasteiger partial charge in [-0.1, -0.05) is 0 Å². The number of hydrogen-bond donors (Lipinski definition) is 0. The quantitative estimate of drug-likeness (QED) is 0.460. The van der Waals surface area contributed by atoms with Gasteiger partial charge < -0.3 is 14.2 Å². The normalized spacial score (nSPS) is 11.4. The maximum absolute atomic E-state index is 13.9. The van der Waals surface area contributed by atoms with Crippen molar-refractivity contribution in [2.24, 2.45) is 0 Å². The third-order valence-electron chi connectivity index (χ3n) is 2.47. The number of hydrogen-bond acceptors (Lipinski definition) is 7. The van der Waals surface area contributed by atoms with Crippen molar-refractivity contribution >= 4 is 17.6 Å². The van der Waals surface area contributed by atoms with E-state index in [-0.39, 0.29) is 5.56 Å². The molecule has 0 bridgehead atoms. The molecule has 0 aliphatic rings. The lowest BCUT2D eigenvalue weighted by Crippen LogP contribution is -2.25. The molecule has 0 aromatic heterocycles. The number of carbonyl (C=O) groups is 2. The van der Waals surface area contributed by atoms with Crippen LogP contribution in [0.2, 0.25) is 0 Å². The van der Waals surface area contributed by atoms with Crippen LogP contribution in [0.4, 0.5) is 10.1 Å². The van der Waals surface area contributed by atoms with Gasteiger partial charge in [0.25, 0.3) is 0 Å². The first-order valence-corrected chi connectivity index (χ1v) is 5.62. The van der Waals surface area contributed by atoms with Crippen molar-refractivity contribution in [3.63, 3.8) is 0 Å². The minimum absolute atomic E-state index is 0.347. The fourth-order valence-electron chi connectivity index (χ4n) is 1.46. The molecule has 1 aromatic rings. The Kier molecular flexibility index (Phi) is 5.17. The summed E-state index contributed by atoms with van der Waals surface area (Å²) in [5, 5.41) is 10.9. The van der Waals surface area contributed by atoms with E-state index < -0.39 is 40.2 Å². The number of nitro benzene ring substituents is 1. The summed E-state index contributed by atoms with van der Waals surface area (Å²) in [5.41, 5.74) is -1.15. The lowest BCUT2D eigenvalue weighted by Gasteiger charge is -2.13. The average Bonchev–Trinajstić information content (AvgIpc) is 2.46. The Morgan fingerprint density at radius 2 is 1.90 bits per heavy atom. The van der Waals surface area contributed by atoms with Crippen molar-refractivity contribution in [3.8, 4) is 5.75 Å². The molecule has 9 heteroatoms. The fraction of sp³-hybridized carbons (Fsp3) is 0.333. The molecule has 114 valence electrons. The monoisotopic (exact) mass is 301 g/mol. The highest BCUT2D eigenvalue weighted by Gasteiger charge is 2.27. The van der Waals surface area contributed by atoms with Crippen LogP contribution in [0.1, 0.15) is 17.3 Å². The van der Waals surface area contributed by atoms with E-state index >= 15 is 0 Å². The molecule has 0 heterocycles. The van der Waals surface area contributed by atoms with Gasteiger partial charge in [-0.25, -0.2) is 14.0 Å². The zero-order valence-corrected chi connectivity index (χ0v) is 11.4. The first kappa shape index (κ1) is 16.3. The molecule has 0 radical (unpaired) electrons. The van der Waals surface area contributed by atoms with Crippen molar-refractivity contribution < 1.29 is 33.1 Å². The van der Waals surface area contributed by atoms with Gasteiger partial charge in [-0.05, 0) is 13.0 Å². The number of carbonyl (C=O) groups excluding carboxylic acids is 2. The molecule has 0 N–H and O–H groups in total. The number of halogens is 1. The minimum atomic E-state index is -1.26. The van der Waals surface area contributed by atoms with Crippen LogP contribution in [0.15, 0.2) is 12.1 Å². The van der Waals surface area contributed by atoms with Crippen molar-refractivity contribution in [2.75, 3.05) is 14.2 Å². The molecule has 1 rings (SSSR count). The zero-order chi connectivity index (χ0) is 16.2. The van der Waals surface area contributed by atoms with E-state index in [1.54, 1.807) is 0 Å². The maximum Gasteiger partial charge on any atom is 0.346 e. The van der Waals surface area contributed by atoms with Gasteiger partial charge in [-0.15, -0.1) is 0 Å². The van der Waals surface area contributed by atoms with E-state index in [1.165, 1.54) is 6.92 Å². The van der Waals surface area contributed by atoms with Crippen molar-refractivity contribution in [1.29, 1.82) is 0 Å². The second-order valence-corrected chi connectivity index (χ2v) is 3.84. The summed E-state index contributed by atoms with van der Waals surface area (Å²) in [6, 6.07) is 1.52. The molecule has 0 fully saturated rings. The summed E-state index contributed by atoms with van der Waals surface area (Å²) in [7, 11) is 2.14. The fourth-order valence-corrected chi connectivity index (χ4v) is 1.46. The zero-order valence-electron chi connectivity index (χ0n) is 11.4. The highest BCUT2D eigenvalue weighted by atomic mass is 19.1. The molecule has 0 amide bonds. The molecule has 8 nitrogen and oxygen atoms in total. The lowest BCUT2D eigenvalue weighted by atomic mass is 10.1. The third kappa shape index (κ3) is 3.65. The number of ether oxygens (including phenoxy) is 3. The molecule has 1 atom stereocenters. The van der Waals surface area contributed by atoms with Gasteiger partial charge in [0.15, 0.2) is 11.9 Å². The van der Waals surface area contributed by atoms with Gasteiger partial charge >= 0.3 is 17.6 Å². The molecule has 0 saturated carbocycles. The number of benzene rings is 1. The molecule has 21 heavy (non-hydrogen) atoms. The summed E-state index contributed by atoms with van der Waals surface area (Å²) >= 11 is 0. The van der Waals surface area contributed by atoms with Crippen LogP contribution in [0.25, 0.3) is 0 Å². The van der Waals surface area contributed by atoms with Crippen molar-refractivity contribution in [2.45, 2.75) is 13.0 Å². The second-order valence-electron chi connectivity index (χ2n) is 3.84. The highest BCUT2D eigenvalue weighted by molar-refractivity contribution is 5.90. The van der Waals surface area contributed by atoms with Crippen molar-refractivity contribution in [3.05, 3.63) is 33.6 Å². The number of rotatable bonds is 5. The standard InChI is InChI=1S/C12H12FNO7/c1-6(11(15)19-2)21-10-8(13)4-7(12(16)20-3)5-9(10)14(17)18/h4-6H,1-3H3/t6-/m1/s1. The molecule has 0 unspecified atom stereocenters. The molecule has 0 aliphatic carbocycles. The van der Waals surface area contributed by atoms with E-state index in [0.717, 1.165) is 26.4 Å². The van der Waals surface area contributed by atoms with Crippen LogP contribution < -0.4 is 4.74 Å². The topological polar surface area (TPSA) is 105 Å². The number of nitrogens with zero attached hydrogens (tertiary/aromatic N) is 1. The Labute approximate surface area is 118 Å². The molecule has 0 aliphatic heterocycles. The lowest BCUT2D eigenvalue weighted by molar-refractivity contribution is -0.386. The summed E-state index contributed by atoms with van der Waals surface area (Å²) in [5.74, 6) is -3.70. The first-order valence-electron chi connectivity index (χ1n) is 5.62. The summed E-state index contributed by atoms with van der Waals surface area (Å²) < 4.78 is 27.6. The Hall–Kier alpha value is -2.71. The van der Waals surface area contributed by atoms with Crippen LogP contribution in [0, 0.1) is 15.9 Å². The first-order chi connectivity index (χ1) is 9.81. The predicted molar refractivity (Wildman–Crippen MR) is 66.5 cm³/mol. The third-order valence-corrected chi connectivity index (χ3v) is 2.47. The molecular weight excluding hydrogens is 289 g/mol. The Morgan fingerprint density at radius 1 is 1.29 bits per heavy atom. The smallest absolute Gasteiger partial charge is 0.346 e. The van der Waals surface area contributed by atoms with E-state index in [9.17, 15) is 24.1 Å². The largest absolute Gasteiger partial charge is 0.470 e. The summed E-state index contributed by atoms with van der Waals surface area (Å²) in [6.07, 6.45) is -1.26. The van der Waals surface area contributed by atoms with Crippen LogP contribution in [0.5, 0.6) is 5.75 Å². The van der Waals surface area contributed by atoms with Gasteiger partial charge in [0.1, 0.15) is 0 Å². The highest BCUT2D eigenvalue weighted by Crippen LogP contribution is 2.32. The molecule has 0 spiro atoms.